The summed E-state index contributed by atoms with van der Waals surface area (Å²) >= 11 is 1.39. The fraction of sp³-hybridized carbons (Fsp3) is 0.200. The molecule has 150 valence electrons. The van der Waals surface area contributed by atoms with E-state index in [1.807, 2.05) is 12.1 Å². The molecule has 1 amide bonds. The monoisotopic (exact) mass is 435 g/mol. The average Bonchev–Trinajstić information content (AvgIpc) is 3.15. The fourth-order valence-corrected chi connectivity index (χ4v) is 4.67. The van der Waals surface area contributed by atoms with Crippen LogP contribution in [0.3, 0.4) is 0 Å². The van der Waals surface area contributed by atoms with E-state index in [9.17, 15) is 18.0 Å². The van der Waals surface area contributed by atoms with Crippen LogP contribution in [-0.4, -0.2) is 22.9 Å². The Morgan fingerprint density at radius 1 is 1.17 bits per heavy atom. The molecule has 0 atom stereocenters. The molecule has 0 spiro atoms. The summed E-state index contributed by atoms with van der Waals surface area (Å²) in [5.41, 5.74) is -1.74. The third-order valence-electron chi connectivity index (χ3n) is 4.53. The van der Waals surface area contributed by atoms with Crippen molar-refractivity contribution < 1.29 is 18.0 Å². The van der Waals surface area contributed by atoms with Crippen molar-refractivity contribution in [3.05, 3.63) is 70.0 Å². The van der Waals surface area contributed by atoms with Gasteiger partial charge in [0.2, 0.25) is 0 Å². The Morgan fingerprint density at radius 3 is 2.72 bits per heavy atom. The highest BCUT2D eigenvalue weighted by molar-refractivity contribution is 8.00. The predicted molar refractivity (Wildman–Crippen MR) is 110 cm³/mol. The summed E-state index contributed by atoms with van der Waals surface area (Å²) in [4.78, 5) is 19.9. The Labute approximate surface area is 173 Å². The molecular formula is C20H16F3N3OS2. The molecule has 0 unspecified atom stereocenters. The minimum Gasteiger partial charge on any atom is -0.367 e. The van der Waals surface area contributed by atoms with Crippen LogP contribution >= 0.6 is 23.1 Å². The average molecular weight is 435 g/mol. The number of alkyl halides is 3. The Bertz CT molecular complexity index is 1020. The van der Waals surface area contributed by atoms with Crippen LogP contribution in [0.4, 0.5) is 24.5 Å². The molecule has 0 bridgehead atoms. The number of anilines is 2. The Balaban J connectivity index is 1.45. The van der Waals surface area contributed by atoms with Gasteiger partial charge in [0.25, 0.3) is 5.91 Å². The highest BCUT2D eigenvalue weighted by atomic mass is 32.2. The van der Waals surface area contributed by atoms with E-state index >= 15 is 0 Å². The smallest absolute Gasteiger partial charge is 0.367 e. The number of amides is 1. The number of carbonyl (C=O) groups is 1. The zero-order valence-corrected chi connectivity index (χ0v) is 16.7. The van der Waals surface area contributed by atoms with E-state index in [0.29, 0.717) is 5.69 Å². The third-order valence-corrected chi connectivity index (χ3v) is 6.30. The standard InChI is InChI=1S/C20H16F3N3OS2/c21-20(22,23)29-19-16(2-1-9-24-19)18(27)25-14-3-5-15(6-4-14)26-10-7-17-13(12-26)8-11-28-17/h1-6,8-9,11H,7,10,12H2,(H,25,27). The summed E-state index contributed by atoms with van der Waals surface area (Å²) in [7, 11) is 0. The van der Waals surface area contributed by atoms with Gasteiger partial charge in [-0.15, -0.1) is 11.3 Å². The molecule has 0 saturated heterocycles. The van der Waals surface area contributed by atoms with Crippen molar-refractivity contribution in [1.29, 1.82) is 0 Å². The number of aromatic nitrogens is 1. The van der Waals surface area contributed by atoms with Crippen LogP contribution in [0.25, 0.3) is 0 Å². The molecule has 1 aromatic carbocycles. The number of carbonyl (C=O) groups excluding carboxylic acids is 1. The molecule has 29 heavy (non-hydrogen) atoms. The van der Waals surface area contributed by atoms with Crippen LogP contribution in [0.5, 0.6) is 0 Å². The topological polar surface area (TPSA) is 45.2 Å². The Morgan fingerprint density at radius 2 is 1.97 bits per heavy atom. The second kappa shape index (κ2) is 8.08. The number of nitrogens with zero attached hydrogens (tertiary/aromatic N) is 2. The van der Waals surface area contributed by atoms with Gasteiger partial charge >= 0.3 is 5.51 Å². The Kier molecular flexibility index (Phi) is 5.51. The van der Waals surface area contributed by atoms with Gasteiger partial charge < -0.3 is 10.2 Å². The molecule has 0 saturated carbocycles. The highest BCUT2D eigenvalue weighted by Gasteiger charge is 2.32. The molecule has 0 aliphatic carbocycles. The van der Waals surface area contributed by atoms with Crippen LogP contribution in [0.2, 0.25) is 0 Å². The first-order valence-corrected chi connectivity index (χ1v) is 10.5. The lowest BCUT2D eigenvalue weighted by Gasteiger charge is -2.29. The second-order valence-corrected chi connectivity index (χ2v) is 8.50. The molecule has 9 heteroatoms. The van der Waals surface area contributed by atoms with Gasteiger partial charge in [-0.1, -0.05) is 0 Å². The van der Waals surface area contributed by atoms with E-state index in [2.05, 4.69) is 26.6 Å². The summed E-state index contributed by atoms with van der Waals surface area (Å²) in [5.74, 6) is -0.626. The van der Waals surface area contributed by atoms with Crippen molar-refractivity contribution in [3.63, 3.8) is 0 Å². The molecule has 1 aliphatic heterocycles. The Hall–Kier alpha value is -2.52. The van der Waals surface area contributed by atoms with E-state index in [0.717, 1.165) is 25.2 Å². The third kappa shape index (κ3) is 4.73. The summed E-state index contributed by atoms with van der Waals surface area (Å²) in [5, 5.41) is 4.39. The maximum absolute atomic E-state index is 12.7. The van der Waals surface area contributed by atoms with E-state index in [1.165, 1.54) is 28.8 Å². The SMILES string of the molecule is O=C(Nc1ccc(N2CCc3sccc3C2)cc1)c1cccnc1SC(F)(F)F. The van der Waals surface area contributed by atoms with E-state index < -0.39 is 23.2 Å². The van der Waals surface area contributed by atoms with Crippen molar-refractivity contribution in [2.45, 2.75) is 23.5 Å². The lowest BCUT2D eigenvalue weighted by molar-refractivity contribution is -0.0329. The molecule has 2 aromatic heterocycles. The maximum Gasteiger partial charge on any atom is 0.447 e. The van der Waals surface area contributed by atoms with Crippen LogP contribution in [0.15, 0.2) is 59.1 Å². The number of pyridine rings is 1. The number of benzene rings is 1. The molecule has 1 aliphatic rings. The zero-order chi connectivity index (χ0) is 20.4. The van der Waals surface area contributed by atoms with E-state index in [4.69, 9.17) is 0 Å². The summed E-state index contributed by atoms with van der Waals surface area (Å²) in [6.07, 6.45) is 2.24. The first kappa shape index (κ1) is 19.8. The van der Waals surface area contributed by atoms with Crippen molar-refractivity contribution in [1.82, 2.24) is 4.98 Å². The lowest BCUT2D eigenvalue weighted by atomic mass is 10.1. The van der Waals surface area contributed by atoms with E-state index in [1.54, 1.807) is 23.5 Å². The molecule has 1 N–H and O–H groups in total. The quantitative estimate of drug-likeness (QED) is 0.544. The van der Waals surface area contributed by atoms with Gasteiger partial charge in [-0.25, -0.2) is 4.98 Å². The molecule has 4 nitrogen and oxygen atoms in total. The minimum absolute atomic E-state index is 0.111. The van der Waals surface area contributed by atoms with Gasteiger partial charge in [0, 0.05) is 47.3 Å². The number of nitrogens with one attached hydrogen (secondary N) is 1. The number of thioether (sulfide) groups is 1. The molecular weight excluding hydrogens is 419 g/mol. The normalized spacial score (nSPS) is 13.8. The number of hydrogen-bond acceptors (Lipinski definition) is 5. The zero-order valence-electron chi connectivity index (χ0n) is 15.1. The van der Waals surface area contributed by atoms with Crippen LogP contribution in [0, 0.1) is 0 Å². The van der Waals surface area contributed by atoms with Gasteiger partial charge in [-0.3, -0.25) is 4.79 Å². The molecule has 0 fully saturated rings. The van der Waals surface area contributed by atoms with Gasteiger partial charge in [-0.05, 0) is 59.8 Å². The minimum atomic E-state index is -4.51. The number of rotatable bonds is 4. The predicted octanol–water partition coefficient (Wildman–Crippen LogP) is 5.57. The van der Waals surface area contributed by atoms with Crippen molar-refractivity contribution in [2.75, 3.05) is 16.8 Å². The molecule has 0 radical (unpaired) electrons. The molecule has 3 aromatic rings. The first-order valence-electron chi connectivity index (χ1n) is 8.81. The van der Waals surface area contributed by atoms with Gasteiger partial charge in [0.1, 0.15) is 5.03 Å². The van der Waals surface area contributed by atoms with Crippen molar-refractivity contribution >= 4 is 40.4 Å². The largest absolute Gasteiger partial charge is 0.447 e. The molecule has 4 rings (SSSR count). The van der Waals surface area contributed by atoms with Crippen molar-refractivity contribution in [3.8, 4) is 0 Å². The highest BCUT2D eigenvalue weighted by Crippen LogP contribution is 2.37. The van der Waals surface area contributed by atoms with Gasteiger partial charge in [0.05, 0.1) is 5.56 Å². The van der Waals surface area contributed by atoms with Gasteiger partial charge in [0.15, 0.2) is 0 Å². The molecule has 3 heterocycles. The van der Waals surface area contributed by atoms with Crippen LogP contribution in [0.1, 0.15) is 20.8 Å². The number of thiophene rings is 1. The van der Waals surface area contributed by atoms with Crippen molar-refractivity contribution in [2.24, 2.45) is 0 Å². The van der Waals surface area contributed by atoms with Crippen LogP contribution in [-0.2, 0) is 13.0 Å². The van der Waals surface area contributed by atoms with Gasteiger partial charge in [-0.2, -0.15) is 13.2 Å². The summed E-state index contributed by atoms with van der Waals surface area (Å²) < 4.78 is 38.1. The number of hydrogen-bond donors (Lipinski definition) is 1. The lowest BCUT2D eigenvalue weighted by Crippen LogP contribution is -2.29. The summed E-state index contributed by atoms with van der Waals surface area (Å²) in [6, 6.07) is 12.2. The first-order chi connectivity index (χ1) is 13.9. The van der Waals surface area contributed by atoms with Crippen LogP contribution < -0.4 is 10.2 Å². The maximum atomic E-state index is 12.7. The summed E-state index contributed by atoms with van der Waals surface area (Å²) in [6.45, 7) is 1.77. The second-order valence-electron chi connectivity index (χ2n) is 6.45. The van der Waals surface area contributed by atoms with E-state index in [-0.39, 0.29) is 10.6 Å². The fourth-order valence-electron chi connectivity index (χ4n) is 3.18. The number of halogens is 3. The number of fused-ring (bicyclic) bond motifs is 1.